The molecule has 0 atom stereocenters. The van der Waals surface area contributed by atoms with E-state index in [1.165, 1.54) is 0 Å². The number of carbonyl (C=O) groups is 2. The van der Waals surface area contributed by atoms with Crippen LogP contribution in [0.2, 0.25) is 0 Å². The molecule has 0 unspecified atom stereocenters. The first-order valence-electron chi connectivity index (χ1n) is 7.61. The van der Waals surface area contributed by atoms with Crippen LogP contribution in [0.25, 0.3) is 0 Å². The van der Waals surface area contributed by atoms with Crippen molar-refractivity contribution < 1.29 is 41.3 Å². The van der Waals surface area contributed by atoms with E-state index < -0.39 is 28.4 Å². The summed E-state index contributed by atoms with van der Waals surface area (Å²) in [5.41, 5.74) is 6.46. The molecule has 0 aliphatic carbocycles. The van der Waals surface area contributed by atoms with Crippen LogP contribution in [0.4, 0.5) is 0 Å². The molecular weight excluding hydrogens is 370 g/mol. The van der Waals surface area contributed by atoms with Crippen LogP contribution in [0, 0.1) is 0 Å². The Hall–Kier alpha value is -2.21. The molecule has 0 bridgehead atoms. The number of carbonyl (C=O) groups excluding carboxylic acids is 2. The van der Waals surface area contributed by atoms with Crippen LogP contribution >= 0.6 is 0 Å². The van der Waals surface area contributed by atoms with Gasteiger partial charge in [0.05, 0.1) is 13.2 Å². The molecule has 10 nitrogen and oxygen atoms in total. The minimum Gasteiger partial charge on any atom is -0.467 e. The Kier molecular flexibility index (Phi) is 11.2. The first-order chi connectivity index (χ1) is 12.1. The summed E-state index contributed by atoms with van der Waals surface area (Å²) in [4.78, 5) is 23.6. The number of ether oxygens (including phenoxy) is 3. The van der Waals surface area contributed by atoms with Gasteiger partial charge in [-0.05, 0) is 44.5 Å². The van der Waals surface area contributed by atoms with Gasteiger partial charge in [-0.15, -0.1) is 0 Å². The maximum Gasteiger partial charge on any atom is 0.394 e. The number of rotatable bonds is 8. The molecule has 1 aromatic rings. The van der Waals surface area contributed by atoms with Crippen molar-refractivity contribution in [1.82, 2.24) is 0 Å². The topological polar surface area (TPSA) is 162 Å². The third kappa shape index (κ3) is 11.4. The lowest BCUT2D eigenvalue weighted by Crippen LogP contribution is -2.38. The highest BCUT2D eigenvalue weighted by Gasteiger charge is 2.31. The largest absolute Gasteiger partial charge is 0.467 e. The van der Waals surface area contributed by atoms with Crippen LogP contribution in [0.1, 0.15) is 19.4 Å². The molecule has 26 heavy (non-hydrogen) atoms. The van der Waals surface area contributed by atoms with Crippen LogP contribution in [-0.2, 0) is 35.9 Å². The molecule has 0 saturated heterocycles. The Morgan fingerprint density at radius 1 is 1.12 bits per heavy atom. The van der Waals surface area contributed by atoms with Gasteiger partial charge >= 0.3 is 22.3 Å². The summed E-state index contributed by atoms with van der Waals surface area (Å²) in [5.74, 6) is -1.13. The van der Waals surface area contributed by atoms with E-state index in [1.54, 1.807) is 32.0 Å². The number of nitrogens with two attached hydrogens (primary N) is 1. The van der Waals surface area contributed by atoms with Gasteiger partial charge in [0, 0.05) is 0 Å². The van der Waals surface area contributed by atoms with Gasteiger partial charge in [0.25, 0.3) is 6.10 Å². The normalized spacial score (nSPS) is 10.5. The number of hydrogen-bond donors (Lipinski definition) is 3. The second-order valence-electron chi connectivity index (χ2n) is 4.64. The van der Waals surface area contributed by atoms with E-state index in [2.05, 4.69) is 0 Å². The van der Waals surface area contributed by atoms with Crippen molar-refractivity contribution in [3.05, 3.63) is 29.8 Å². The second kappa shape index (κ2) is 12.2. The molecule has 1 rings (SSSR count). The summed E-state index contributed by atoms with van der Waals surface area (Å²) >= 11 is 0. The van der Waals surface area contributed by atoms with Gasteiger partial charge in [-0.25, -0.2) is 9.59 Å². The quantitative estimate of drug-likeness (QED) is 0.320. The molecule has 0 heterocycles. The van der Waals surface area contributed by atoms with Gasteiger partial charge in [-0.3, -0.25) is 9.11 Å². The summed E-state index contributed by atoms with van der Waals surface area (Å²) < 4.78 is 46.7. The second-order valence-corrected chi connectivity index (χ2v) is 5.53. The Bertz CT molecular complexity index is 649. The van der Waals surface area contributed by atoms with Crippen LogP contribution in [-0.4, -0.2) is 55.3 Å². The first-order valence-corrected chi connectivity index (χ1v) is 9.00. The van der Waals surface area contributed by atoms with Gasteiger partial charge in [0.2, 0.25) is 0 Å². The van der Waals surface area contributed by atoms with Crippen LogP contribution in [0.3, 0.4) is 0 Å². The number of esters is 2. The molecule has 0 aliphatic heterocycles. The highest BCUT2D eigenvalue weighted by atomic mass is 32.3. The Morgan fingerprint density at radius 3 is 2.04 bits per heavy atom. The highest BCUT2D eigenvalue weighted by molar-refractivity contribution is 7.79. The summed E-state index contributed by atoms with van der Waals surface area (Å²) in [6, 6.07) is 7.06. The predicted octanol–water partition coefficient (Wildman–Crippen LogP) is 0.409. The minimum absolute atomic E-state index is 0.158. The molecule has 0 saturated carbocycles. The maximum absolute atomic E-state index is 11.8. The lowest BCUT2D eigenvalue weighted by Gasteiger charge is -2.16. The van der Waals surface area contributed by atoms with E-state index in [1.807, 2.05) is 6.07 Å². The standard InChI is InChI=1S/C15H21NO5.H2O4S/c1-3-19-14(17)13(15(18)20-4-2)21-12-7-5-6-11(10-12)8-9-16;1-5(2,3)4/h5-7,10,13H,3-4,8-9,16H2,1-2H3;(H2,1,2,3,4). The summed E-state index contributed by atoms with van der Waals surface area (Å²) in [6.07, 6.45) is -0.737. The Morgan fingerprint density at radius 2 is 1.62 bits per heavy atom. The van der Waals surface area contributed by atoms with E-state index in [9.17, 15) is 9.59 Å². The fourth-order valence-electron chi connectivity index (χ4n) is 1.71. The SMILES string of the molecule is CCOC(=O)C(Oc1cccc(CCN)c1)C(=O)OCC.O=S(=O)(O)O. The fourth-order valence-corrected chi connectivity index (χ4v) is 1.71. The van der Waals surface area contributed by atoms with Gasteiger partial charge in [0.1, 0.15) is 5.75 Å². The molecule has 0 aromatic heterocycles. The van der Waals surface area contributed by atoms with E-state index in [0.717, 1.165) is 5.56 Å². The third-order valence-corrected chi connectivity index (χ3v) is 2.59. The van der Waals surface area contributed by atoms with Crippen molar-refractivity contribution in [2.24, 2.45) is 5.73 Å². The zero-order valence-corrected chi connectivity index (χ0v) is 15.3. The molecule has 0 amide bonds. The van der Waals surface area contributed by atoms with E-state index in [-0.39, 0.29) is 13.2 Å². The van der Waals surface area contributed by atoms with Gasteiger partial charge in [0.15, 0.2) is 0 Å². The number of benzene rings is 1. The molecule has 148 valence electrons. The molecule has 11 heteroatoms. The lowest BCUT2D eigenvalue weighted by molar-refractivity contribution is -0.166. The zero-order chi connectivity index (χ0) is 20.2. The molecule has 0 radical (unpaired) electrons. The van der Waals surface area contributed by atoms with Crippen molar-refractivity contribution in [3.63, 3.8) is 0 Å². The van der Waals surface area contributed by atoms with E-state index in [0.29, 0.717) is 18.7 Å². The molecule has 0 spiro atoms. The maximum atomic E-state index is 11.8. The lowest BCUT2D eigenvalue weighted by atomic mass is 10.1. The third-order valence-electron chi connectivity index (χ3n) is 2.59. The van der Waals surface area contributed by atoms with Crippen molar-refractivity contribution in [2.45, 2.75) is 26.4 Å². The predicted molar refractivity (Wildman–Crippen MR) is 91.1 cm³/mol. The van der Waals surface area contributed by atoms with Gasteiger partial charge in [-0.1, -0.05) is 12.1 Å². The van der Waals surface area contributed by atoms with Crippen molar-refractivity contribution >= 4 is 22.3 Å². The Labute approximate surface area is 151 Å². The fraction of sp³-hybridized carbons (Fsp3) is 0.467. The number of hydrogen-bond acceptors (Lipinski definition) is 8. The summed E-state index contributed by atoms with van der Waals surface area (Å²) in [6.45, 7) is 4.13. The molecule has 1 aromatic carbocycles. The summed E-state index contributed by atoms with van der Waals surface area (Å²) in [5, 5.41) is 0. The Balaban J connectivity index is 0.00000110. The molecule has 4 N–H and O–H groups in total. The highest BCUT2D eigenvalue weighted by Crippen LogP contribution is 2.16. The molecule has 0 fully saturated rings. The molecule has 0 aliphatic rings. The van der Waals surface area contributed by atoms with E-state index >= 15 is 0 Å². The van der Waals surface area contributed by atoms with Crippen molar-refractivity contribution in [1.29, 1.82) is 0 Å². The molecular formula is C15H23NO9S. The zero-order valence-electron chi connectivity index (χ0n) is 14.5. The van der Waals surface area contributed by atoms with E-state index in [4.69, 9.17) is 37.5 Å². The first kappa shape index (κ1) is 23.8. The average Bonchev–Trinajstić information content (AvgIpc) is 2.52. The van der Waals surface area contributed by atoms with Crippen molar-refractivity contribution in [3.8, 4) is 5.75 Å². The van der Waals surface area contributed by atoms with Gasteiger partial charge < -0.3 is 19.9 Å². The summed E-state index contributed by atoms with van der Waals surface area (Å²) in [7, 11) is -4.67. The van der Waals surface area contributed by atoms with Gasteiger partial charge in [-0.2, -0.15) is 8.42 Å². The smallest absolute Gasteiger partial charge is 0.394 e. The van der Waals surface area contributed by atoms with Crippen molar-refractivity contribution in [2.75, 3.05) is 19.8 Å². The monoisotopic (exact) mass is 393 g/mol. The van der Waals surface area contributed by atoms with Crippen LogP contribution in [0.5, 0.6) is 5.75 Å². The van der Waals surface area contributed by atoms with Crippen LogP contribution in [0.15, 0.2) is 24.3 Å². The van der Waals surface area contributed by atoms with Crippen LogP contribution < -0.4 is 10.5 Å². The minimum atomic E-state index is -4.67. The average molecular weight is 393 g/mol.